The summed E-state index contributed by atoms with van der Waals surface area (Å²) in [5.41, 5.74) is 1.94. The second kappa shape index (κ2) is 10.00. The molecule has 1 aromatic carbocycles. The standard InChI is InChI=1S/C22H32N4O5/c1-24(2)9-6-8-23-20(27)7-5-10-25-21(28)17-11-15-12-18(30-3)19(31-4)13-16(15)14-26(17)22(25)29/h12-13,17H,5-11,14H2,1-4H3,(H,23,27)/t17-/m0/s1. The largest absolute Gasteiger partial charge is 0.493 e. The van der Waals surface area contributed by atoms with E-state index < -0.39 is 6.04 Å². The van der Waals surface area contributed by atoms with Crippen LogP contribution in [0.25, 0.3) is 0 Å². The fourth-order valence-corrected chi connectivity index (χ4v) is 4.08. The molecule has 2 aliphatic rings. The third-order valence-corrected chi connectivity index (χ3v) is 5.75. The molecule has 4 amide bonds. The lowest BCUT2D eigenvalue weighted by Gasteiger charge is -2.29. The molecular formula is C22H32N4O5. The molecule has 2 aliphatic heterocycles. The van der Waals surface area contributed by atoms with Gasteiger partial charge < -0.3 is 24.6 Å². The van der Waals surface area contributed by atoms with Crippen LogP contribution >= 0.6 is 0 Å². The molecule has 0 aliphatic carbocycles. The van der Waals surface area contributed by atoms with E-state index in [1.54, 1.807) is 19.1 Å². The van der Waals surface area contributed by atoms with Crippen LogP contribution in [0.4, 0.5) is 4.79 Å². The number of urea groups is 1. The molecule has 0 spiro atoms. The minimum absolute atomic E-state index is 0.0535. The number of carbonyl (C=O) groups is 3. The lowest BCUT2D eigenvalue weighted by atomic mass is 9.94. The summed E-state index contributed by atoms with van der Waals surface area (Å²) in [4.78, 5) is 42.7. The Morgan fingerprint density at radius 3 is 2.45 bits per heavy atom. The Hall–Kier alpha value is -2.81. The lowest BCUT2D eigenvalue weighted by molar-refractivity contribution is -0.129. The van der Waals surface area contributed by atoms with E-state index in [9.17, 15) is 14.4 Å². The van der Waals surface area contributed by atoms with E-state index in [4.69, 9.17) is 9.47 Å². The number of nitrogens with zero attached hydrogens (tertiary/aromatic N) is 3. The number of carbonyl (C=O) groups excluding carboxylic acids is 3. The Morgan fingerprint density at radius 2 is 1.81 bits per heavy atom. The first kappa shape index (κ1) is 22.9. The Morgan fingerprint density at radius 1 is 1.13 bits per heavy atom. The van der Waals surface area contributed by atoms with Gasteiger partial charge in [0, 0.05) is 32.5 Å². The van der Waals surface area contributed by atoms with Gasteiger partial charge in [0.15, 0.2) is 11.5 Å². The predicted octanol–water partition coefficient (Wildman–Crippen LogP) is 1.24. The van der Waals surface area contributed by atoms with Crippen LogP contribution in [0.5, 0.6) is 11.5 Å². The second-order valence-corrected chi connectivity index (χ2v) is 8.21. The highest BCUT2D eigenvalue weighted by atomic mass is 16.5. The normalized spacial score (nSPS) is 17.6. The van der Waals surface area contributed by atoms with Crippen molar-refractivity contribution >= 4 is 17.8 Å². The van der Waals surface area contributed by atoms with Gasteiger partial charge >= 0.3 is 6.03 Å². The highest BCUT2D eigenvalue weighted by molar-refractivity contribution is 6.04. The molecule has 1 N–H and O–H groups in total. The molecule has 0 radical (unpaired) electrons. The average Bonchev–Trinajstić information content (AvgIpc) is 2.98. The maximum atomic E-state index is 12.9. The highest BCUT2D eigenvalue weighted by Gasteiger charge is 2.47. The molecule has 1 fully saturated rings. The summed E-state index contributed by atoms with van der Waals surface area (Å²) < 4.78 is 10.7. The van der Waals surface area contributed by atoms with Gasteiger partial charge in [0.25, 0.3) is 5.91 Å². The fraction of sp³-hybridized carbons (Fsp3) is 0.591. The number of nitrogens with one attached hydrogen (secondary N) is 1. The molecule has 2 heterocycles. The summed E-state index contributed by atoms with van der Waals surface area (Å²) in [6.45, 7) is 2.14. The number of fused-ring (bicyclic) bond motifs is 2. The maximum absolute atomic E-state index is 12.9. The highest BCUT2D eigenvalue weighted by Crippen LogP contribution is 2.37. The van der Waals surface area contributed by atoms with Gasteiger partial charge in [-0.25, -0.2) is 4.79 Å². The summed E-state index contributed by atoms with van der Waals surface area (Å²) in [5, 5.41) is 2.88. The second-order valence-electron chi connectivity index (χ2n) is 8.21. The van der Waals surface area contributed by atoms with Gasteiger partial charge in [-0.2, -0.15) is 0 Å². The van der Waals surface area contributed by atoms with Crippen LogP contribution in [0.15, 0.2) is 12.1 Å². The lowest BCUT2D eigenvalue weighted by Crippen LogP contribution is -2.40. The third-order valence-electron chi connectivity index (χ3n) is 5.75. The Labute approximate surface area is 183 Å². The van der Waals surface area contributed by atoms with Crippen molar-refractivity contribution in [2.45, 2.75) is 38.3 Å². The first-order chi connectivity index (χ1) is 14.8. The van der Waals surface area contributed by atoms with Crippen molar-refractivity contribution in [3.63, 3.8) is 0 Å². The van der Waals surface area contributed by atoms with E-state index in [-0.39, 0.29) is 30.8 Å². The summed E-state index contributed by atoms with van der Waals surface area (Å²) in [6, 6.07) is 2.96. The number of ether oxygens (including phenoxy) is 2. The van der Waals surface area contributed by atoms with Crippen molar-refractivity contribution < 1.29 is 23.9 Å². The van der Waals surface area contributed by atoms with Crippen molar-refractivity contribution in [1.82, 2.24) is 20.0 Å². The van der Waals surface area contributed by atoms with Crippen molar-refractivity contribution in [2.75, 3.05) is 47.9 Å². The van der Waals surface area contributed by atoms with Gasteiger partial charge in [-0.1, -0.05) is 0 Å². The molecule has 9 nitrogen and oxygen atoms in total. The Bertz CT molecular complexity index is 790. The SMILES string of the molecule is COc1cc2c(cc1OC)CN1C(=O)N(CCCC(=O)NCCCN(C)C)C(=O)[C@@H]1C2. The number of methoxy groups -OCH3 is 2. The molecular weight excluding hydrogens is 400 g/mol. The quantitative estimate of drug-likeness (QED) is 0.442. The van der Waals surface area contributed by atoms with Crippen molar-refractivity contribution in [2.24, 2.45) is 0 Å². The van der Waals surface area contributed by atoms with Gasteiger partial charge in [-0.3, -0.25) is 14.5 Å². The number of hydrogen-bond donors (Lipinski definition) is 1. The summed E-state index contributed by atoms with van der Waals surface area (Å²) in [6.07, 6.45) is 2.07. The number of amides is 4. The molecule has 0 unspecified atom stereocenters. The van der Waals surface area contributed by atoms with Crippen LogP contribution in [0, 0.1) is 0 Å². The first-order valence-electron chi connectivity index (χ1n) is 10.6. The van der Waals surface area contributed by atoms with E-state index in [1.165, 1.54) is 4.90 Å². The molecule has 9 heteroatoms. The predicted molar refractivity (Wildman–Crippen MR) is 115 cm³/mol. The van der Waals surface area contributed by atoms with Crippen LogP contribution in [0.1, 0.15) is 30.4 Å². The minimum atomic E-state index is -0.502. The van der Waals surface area contributed by atoms with Crippen molar-refractivity contribution in [3.05, 3.63) is 23.3 Å². The fourth-order valence-electron chi connectivity index (χ4n) is 4.08. The summed E-state index contributed by atoms with van der Waals surface area (Å²) >= 11 is 0. The van der Waals surface area contributed by atoms with E-state index in [0.29, 0.717) is 37.4 Å². The first-order valence-corrected chi connectivity index (χ1v) is 10.6. The third kappa shape index (κ3) is 5.10. The molecule has 1 saturated heterocycles. The molecule has 1 aromatic rings. The minimum Gasteiger partial charge on any atom is -0.493 e. The maximum Gasteiger partial charge on any atom is 0.327 e. The molecule has 0 aromatic heterocycles. The Balaban J connectivity index is 1.55. The van der Waals surface area contributed by atoms with Crippen molar-refractivity contribution in [1.29, 1.82) is 0 Å². The van der Waals surface area contributed by atoms with Gasteiger partial charge in [0.1, 0.15) is 6.04 Å². The molecule has 3 rings (SSSR count). The molecule has 31 heavy (non-hydrogen) atoms. The van der Waals surface area contributed by atoms with Crippen LogP contribution in [-0.4, -0.2) is 86.5 Å². The van der Waals surface area contributed by atoms with Crippen LogP contribution < -0.4 is 14.8 Å². The zero-order chi connectivity index (χ0) is 22.5. The number of rotatable bonds is 10. The monoisotopic (exact) mass is 432 g/mol. The van der Waals surface area contributed by atoms with Crippen LogP contribution in [0.3, 0.4) is 0 Å². The molecule has 0 bridgehead atoms. The van der Waals surface area contributed by atoms with Gasteiger partial charge in [-0.05, 0) is 56.7 Å². The van der Waals surface area contributed by atoms with E-state index in [1.807, 2.05) is 26.2 Å². The summed E-state index contributed by atoms with van der Waals surface area (Å²) in [5.74, 6) is 0.963. The van der Waals surface area contributed by atoms with Gasteiger partial charge in [0.05, 0.1) is 14.2 Å². The zero-order valence-electron chi connectivity index (χ0n) is 18.8. The number of imide groups is 1. The van der Waals surface area contributed by atoms with Crippen molar-refractivity contribution in [3.8, 4) is 11.5 Å². The van der Waals surface area contributed by atoms with E-state index in [2.05, 4.69) is 10.2 Å². The topological polar surface area (TPSA) is 91.4 Å². The van der Waals surface area contributed by atoms with E-state index >= 15 is 0 Å². The van der Waals surface area contributed by atoms with Gasteiger partial charge in [-0.15, -0.1) is 0 Å². The number of benzene rings is 1. The van der Waals surface area contributed by atoms with Crippen LogP contribution in [0.2, 0.25) is 0 Å². The average molecular weight is 433 g/mol. The van der Waals surface area contributed by atoms with E-state index in [0.717, 1.165) is 24.1 Å². The Kier molecular flexibility index (Phi) is 7.37. The molecule has 1 atom stereocenters. The van der Waals surface area contributed by atoms with Crippen LogP contribution in [-0.2, 0) is 22.6 Å². The molecule has 170 valence electrons. The van der Waals surface area contributed by atoms with Gasteiger partial charge in [0.2, 0.25) is 5.91 Å². The molecule has 0 saturated carbocycles. The zero-order valence-corrected chi connectivity index (χ0v) is 18.8. The number of hydrogen-bond acceptors (Lipinski definition) is 6. The smallest absolute Gasteiger partial charge is 0.327 e. The summed E-state index contributed by atoms with van der Waals surface area (Å²) in [7, 11) is 7.13.